The molecule has 1 saturated heterocycles. The number of hydrogen-bond donors (Lipinski definition) is 0. The van der Waals surface area contributed by atoms with E-state index in [1.54, 1.807) is 19.9 Å². The van der Waals surface area contributed by atoms with Gasteiger partial charge in [0.05, 0.1) is 18.3 Å². The molecule has 0 amide bonds. The summed E-state index contributed by atoms with van der Waals surface area (Å²) in [5, 5.41) is 0. The first-order valence-corrected chi connectivity index (χ1v) is 10.0. The monoisotopic (exact) mass is 444 g/mol. The Morgan fingerprint density at radius 1 is 1.16 bits per heavy atom. The van der Waals surface area contributed by atoms with Gasteiger partial charge in [-0.15, -0.1) is 0 Å². The van der Waals surface area contributed by atoms with Gasteiger partial charge in [-0.3, -0.25) is 4.79 Å². The highest BCUT2D eigenvalue weighted by Gasteiger charge is 2.70. The molecule has 172 valence electrons. The van der Waals surface area contributed by atoms with Crippen molar-refractivity contribution in [2.45, 2.75) is 63.7 Å². The minimum absolute atomic E-state index is 0.0107. The summed E-state index contributed by atoms with van der Waals surface area (Å²) in [6.07, 6.45) is -6.03. The number of alkyl halides is 3. The highest BCUT2D eigenvalue weighted by molar-refractivity contribution is 5.83. The van der Waals surface area contributed by atoms with Crippen molar-refractivity contribution in [2.75, 3.05) is 13.7 Å². The van der Waals surface area contributed by atoms with Gasteiger partial charge in [0.1, 0.15) is 6.10 Å². The Hall–Kier alpha value is -2.13. The minimum atomic E-state index is -5.05. The SMILES string of the molecule is CO[C@@](C(=O)O[C@@H]1C[C@@H]2O[C@]2(C)[C@H](COC(C)=O)C1(C)C)(c1ccccc1)C(F)(F)F. The van der Waals surface area contributed by atoms with Crippen molar-refractivity contribution in [3.05, 3.63) is 35.9 Å². The Kier molecular flexibility index (Phi) is 5.90. The number of fused-ring (bicyclic) bond motifs is 1. The highest BCUT2D eigenvalue weighted by Crippen LogP contribution is 2.59. The van der Waals surface area contributed by atoms with Crippen LogP contribution in [0, 0.1) is 11.3 Å². The number of benzene rings is 1. The molecule has 2 fully saturated rings. The summed E-state index contributed by atoms with van der Waals surface area (Å²) in [5.41, 5.74) is -5.05. The summed E-state index contributed by atoms with van der Waals surface area (Å²) < 4.78 is 63.9. The molecule has 0 bridgehead atoms. The molecule has 0 aromatic heterocycles. The summed E-state index contributed by atoms with van der Waals surface area (Å²) in [6.45, 7) is 6.69. The number of esters is 2. The Morgan fingerprint density at radius 3 is 2.29 bits per heavy atom. The smallest absolute Gasteiger partial charge is 0.432 e. The molecule has 6 nitrogen and oxygen atoms in total. The second-order valence-corrected chi connectivity index (χ2v) is 8.85. The van der Waals surface area contributed by atoms with E-state index in [4.69, 9.17) is 18.9 Å². The predicted molar refractivity (Wildman–Crippen MR) is 103 cm³/mol. The number of methoxy groups -OCH3 is 1. The molecular weight excluding hydrogens is 417 g/mol. The fourth-order valence-electron chi connectivity index (χ4n) is 4.70. The van der Waals surface area contributed by atoms with Crippen LogP contribution in [0.15, 0.2) is 30.3 Å². The molecule has 0 radical (unpaired) electrons. The summed E-state index contributed by atoms with van der Waals surface area (Å²) in [7, 11) is 0.832. The number of rotatable bonds is 6. The third kappa shape index (κ3) is 3.82. The lowest BCUT2D eigenvalue weighted by atomic mass is 9.62. The molecule has 2 aliphatic rings. The molecule has 9 heteroatoms. The second-order valence-electron chi connectivity index (χ2n) is 8.85. The molecule has 1 aromatic rings. The van der Waals surface area contributed by atoms with E-state index in [9.17, 15) is 22.8 Å². The Balaban J connectivity index is 1.92. The first kappa shape index (κ1) is 23.5. The van der Waals surface area contributed by atoms with Gasteiger partial charge < -0.3 is 18.9 Å². The van der Waals surface area contributed by atoms with Gasteiger partial charge in [-0.1, -0.05) is 44.2 Å². The molecule has 0 N–H and O–H groups in total. The van der Waals surface area contributed by atoms with Crippen LogP contribution in [0.3, 0.4) is 0 Å². The third-order valence-electron chi connectivity index (χ3n) is 6.70. The van der Waals surface area contributed by atoms with E-state index >= 15 is 0 Å². The first-order valence-electron chi connectivity index (χ1n) is 10.0. The molecule has 1 heterocycles. The molecule has 0 spiro atoms. The zero-order valence-corrected chi connectivity index (χ0v) is 18.1. The first-order chi connectivity index (χ1) is 14.3. The van der Waals surface area contributed by atoms with Gasteiger partial charge in [-0.05, 0) is 6.92 Å². The molecule has 1 aliphatic heterocycles. The lowest BCUT2D eigenvalue weighted by molar-refractivity contribution is -0.281. The number of hydrogen-bond acceptors (Lipinski definition) is 6. The summed E-state index contributed by atoms with van der Waals surface area (Å²) in [5.74, 6) is -2.39. The normalized spacial score (nSPS) is 31.2. The van der Waals surface area contributed by atoms with Crippen LogP contribution in [0.2, 0.25) is 0 Å². The topological polar surface area (TPSA) is 74.4 Å². The van der Waals surface area contributed by atoms with Gasteiger partial charge in [-0.2, -0.15) is 13.2 Å². The van der Waals surface area contributed by atoms with Gasteiger partial charge >= 0.3 is 18.1 Å². The van der Waals surface area contributed by atoms with E-state index in [1.807, 2.05) is 6.92 Å². The van der Waals surface area contributed by atoms with Crippen LogP contribution in [0.25, 0.3) is 0 Å². The van der Waals surface area contributed by atoms with E-state index in [0.29, 0.717) is 0 Å². The molecule has 3 rings (SSSR count). The Bertz CT molecular complexity index is 839. The molecule has 31 heavy (non-hydrogen) atoms. The zero-order valence-electron chi connectivity index (χ0n) is 18.1. The molecular formula is C22H27F3O6. The lowest BCUT2D eigenvalue weighted by Crippen LogP contribution is -2.57. The number of ether oxygens (including phenoxy) is 4. The van der Waals surface area contributed by atoms with E-state index in [0.717, 1.165) is 7.11 Å². The van der Waals surface area contributed by atoms with E-state index in [1.165, 1.54) is 31.2 Å². The Labute approximate surface area is 179 Å². The predicted octanol–water partition coefficient (Wildman–Crippen LogP) is 3.77. The van der Waals surface area contributed by atoms with Crippen LogP contribution < -0.4 is 0 Å². The fraction of sp³-hybridized carbons (Fsp3) is 0.636. The van der Waals surface area contributed by atoms with Crippen molar-refractivity contribution in [3.63, 3.8) is 0 Å². The zero-order chi connectivity index (χ0) is 23.2. The van der Waals surface area contributed by atoms with Gasteiger partial charge in [0, 0.05) is 37.4 Å². The van der Waals surface area contributed by atoms with Crippen molar-refractivity contribution >= 4 is 11.9 Å². The van der Waals surface area contributed by atoms with E-state index < -0.39 is 40.8 Å². The summed E-state index contributed by atoms with van der Waals surface area (Å²) >= 11 is 0. The van der Waals surface area contributed by atoms with Crippen LogP contribution >= 0.6 is 0 Å². The van der Waals surface area contributed by atoms with Crippen molar-refractivity contribution in [1.29, 1.82) is 0 Å². The molecule has 0 unspecified atom stereocenters. The Morgan fingerprint density at radius 2 is 1.77 bits per heavy atom. The third-order valence-corrected chi connectivity index (χ3v) is 6.70. The minimum Gasteiger partial charge on any atom is -0.465 e. The standard InChI is InChI=1S/C22H27F3O6/c1-13(26)29-12-15-19(2,3)16(11-17-20(15,4)31-17)30-18(27)21(28-5,22(23,24)25)14-9-7-6-8-10-14/h6-10,15-17H,11-12H2,1-5H3/t15-,16-,17+,20-,21-/m1/s1. The fourth-order valence-corrected chi connectivity index (χ4v) is 4.70. The van der Waals surface area contributed by atoms with Crippen LogP contribution in [0.1, 0.15) is 39.7 Å². The van der Waals surface area contributed by atoms with Gasteiger partial charge in [0.15, 0.2) is 0 Å². The maximum Gasteiger partial charge on any atom is 0.432 e. The highest BCUT2D eigenvalue weighted by atomic mass is 19.4. The number of carbonyl (C=O) groups excluding carboxylic acids is 2. The largest absolute Gasteiger partial charge is 0.465 e. The van der Waals surface area contributed by atoms with E-state index in [-0.39, 0.29) is 30.6 Å². The lowest BCUT2D eigenvalue weighted by Gasteiger charge is -2.46. The van der Waals surface area contributed by atoms with Crippen molar-refractivity contribution in [3.8, 4) is 0 Å². The number of epoxide rings is 1. The average Bonchev–Trinajstić information content (AvgIpc) is 3.32. The van der Waals surface area contributed by atoms with Crippen LogP contribution in [-0.2, 0) is 34.1 Å². The summed E-state index contributed by atoms with van der Waals surface area (Å²) in [4.78, 5) is 24.4. The van der Waals surface area contributed by atoms with Crippen LogP contribution in [0.4, 0.5) is 13.2 Å². The van der Waals surface area contributed by atoms with Crippen LogP contribution in [-0.4, -0.2) is 49.6 Å². The van der Waals surface area contributed by atoms with Crippen LogP contribution in [0.5, 0.6) is 0 Å². The molecule has 1 aliphatic carbocycles. The van der Waals surface area contributed by atoms with Gasteiger partial charge in [0.25, 0.3) is 5.60 Å². The maximum atomic E-state index is 14.2. The van der Waals surface area contributed by atoms with E-state index in [2.05, 4.69) is 0 Å². The maximum absolute atomic E-state index is 14.2. The molecule has 1 saturated carbocycles. The number of carbonyl (C=O) groups is 2. The van der Waals surface area contributed by atoms with Gasteiger partial charge in [0.2, 0.25) is 0 Å². The molecule has 1 aromatic carbocycles. The van der Waals surface area contributed by atoms with Crippen molar-refractivity contribution in [1.82, 2.24) is 0 Å². The number of halogens is 3. The second kappa shape index (κ2) is 7.78. The van der Waals surface area contributed by atoms with Crippen molar-refractivity contribution < 1.29 is 41.7 Å². The average molecular weight is 444 g/mol. The summed E-state index contributed by atoms with van der Waals surface area (Å²) in [6, 6.07) is 6.68. The van der Waals surface area contributed by atoms with Crippen molar-refractivity contribution in [2.24, 2.45) is 11.3 Å². The quantitative estimate of drug-likeness (QED) is 0.491. The van der Waals surface area contributed by atoms with Gasteiger partial charge in [-0.25, -0.2) is 4.79 Å². The molecule has 5 atom stereocenters.